The van der Waals surface area contributed by atoms with Crippen LogP contribution in [0.2, 0.25) is 0 Å². The van der Waals surface area contributed by atoms with Crippen LogP contribution >= 0.6 is 15.9 Å². The van der Waals surface area contributed by atoms with Gasteiger partial charge in [-0.25, -0.2) is 0 Å². The second kappa shape index (κ2) is 4.26. The Morgan fingerprint density at radius 3 is 2.40 bits per heavy atom. The maximum atomic E-state index is 9.91. The van der Waals surface area contributed by atoms with E-state index in [2.05, 4.69) is 21.9 Å². The molecule has 0 aliphatic rings. The molecule has 1 aromatic rings. The van der Waals surface area contributed by atoms with Crippen molar-refractivity contribution >= 4 is 21.6 Å². The van der Waals surface area contributed by atoms with Gasteiger partial charge >= 0.3 is 0 Å². The molecule has 0 bridgehead atoms. The van der Waals surface area contributed by atoms with Crippen molar-refractivity contribution in [2.24, 2.45) is 0 Å². The number of hydrogen-bond donors (Lipinski definition) is 1. The van der Waals surface area contributed by atoms with Gasteiger partial charge in [-0.15, -0.1) is 6.42 Å². The van der Waals surface area contributed by atoms with Crippen LogP contribution < -0.4 is 5.06 Å². The fourth-order valence-corrected chi connectivity index (χ4v) is 1.62. The lowest BCUT2D eigenvalue weighted by molar-refractivity contribution is 0.181. The third-order valence-corrected chi connectivity index (χ3v) is 2.64. The van der Waals surface area contributed by atoms with Crippen LogP contribution in [0.4, 0.5) is 5.69 Å². The summed E-state index contributed by atoms with van der Waals surface area (Å²) in [5.41, 5.74) is 1.16. The molecule has 1 N–H and O–H groups in total. The minimum Gasteiger partial charge on any atom is -0.288 e. The zero-order valence-electron chi connectivity index (χ0n) is 9.08. The van der Waals surface area contributed by atoms with Crippen molar-refractivity contribution in [2.75, 3.05) is 5.06 Å². The van der Waals surface area contributed by atoms with E-state index in [9.17, 15) is 5.21 Å². The number of benzene rings is 1. The maximum absolute atomic E-state index is 9.91. The topological polar surface area (TPSA) is 23.5 Å². The van der Waals surface area contributed by atoms with E-state index in [0.29, 0.717) is 5.69 Å². The molecule has 0 fully saturated rings. The van der Waals surface area contributed by atoms with Crippen molar-refractivity contribution in [3.05, 3.63) is 28.2 Å². The number of rotatable bonds is 1. The number of terminal acetylenes is 1. The number of hydrogen-bond acceptors (Lipinski definition) is 2. The Kier molecular flexibility index (Phi) is 3.43. The van der Waals surface area contributed by atoms with Gasteiger partial charge in [0.1, 0.15) is 0 Å². The first kappa shape index (κ1) is 12.1. The highest BCUT2D eigenvalue weighted by atomic mass is 79.9. The molecule has 0 heterocycles. The lowest BCUT2D eigenvalue weighted by Gasteiger charge is -2.31. The Morgan fingerprint density at radius 2 is 2.00 bits per heavy atom. The lowest BCUT2D eigenvalue weighted by atomic mass is 10.1. The molecule has 0 atom stereocenters. The quantitative estimate of drug-likeness (QED) is 0.623. The second-order valence-electron chi connectivity index (χ2n) is 4.29. The minimum absolute atomic E-state index is 0.336. The Morgan fingerprint density at radius 1 is 1.40 bits per heavy atom. The van der Waals surface area contributed by atoms with Crippen LogP contribution in [0.5, 0.6) is 0 Å². The van der Waals surface area contributed by atoms with Crippen molar-refractivity contribution in [3.8, 4) is 12.3 Å². The molecule has 0 saturated carbocycles. The second-order valence-corrected chi connectivity index (χ2v) is 5.15. The number of hydroxylamine groups is 1. The van der Waals surface area contributed by atoms with Crippen LogP contribution in [0.15, 0.2) is 22.7 Å². The van der Waals surface area contributed by atoms with Gasteiger partial charge < -0.3 is 0 Å². The highest BCUT2D eigenvalue weighted by molar-refractivity contribution is 9.10. The lowest BCUT2D eigenvalue weighted by Crippen LogP contribution is -2.38. The average Bonchev–Trinajstić information content (AvgIpc) is 2.15. The summed E-state index contributed by atoms with van der Waals surface area (Å²) < 4.78 is 0.811. The van der Waals surface area contributed by atoms with Gasteiger partial charge in [0, 0.05) is 10.0 Å². The third kappa shape index (κ3) is 2.74. The summed E-state index contributed by atoms with van der Waals surface area (Å²) in [6.45, 7) is 5.78. The van der Waals surface area contributed by atoms with Crippen molar-refractivity contribution < 1.29 is 5.21 Å². The van der Waals surface area contributed by atoms with E-state index in [4.69, 9.17) is 6.42 Å². The van der Waals surface area contributed by atoms with E-state index in [-0.39, 0.29) is 5.54 Å². The summed E-state index contributed by atoms with van der Waals surface area (Å²) in [7, 11) is 0. The van der Waals surface area contributed by atoms with Gasteiger partial charge in [-0.3, -0.25) is 10.3 Å². The van der Waals surface area contributed by atoms with Crippen LogP contribution in [0.3, 0.4) is 0 Å². The van der Waals surface area contributed by atoms with Crippen molar-refractivity contribution in [1.29, 1.82) is 0 Å². The number of halogens is 1. The van der Waals surface area contributed by atoms with E-state index in [0.717, 1.165) is 10.0 Å². The van der Waals surface area contributed by atoms with Gasteiger partial charge in [-0.05, 0) is 54.9 Å². The van der Waals surface area contributed by atoms with Gasteiger partial charge in [0.2, 0.25) is 0 Å². The first-order valence-corrected chi connectivity index (χ1v) is 5.41. The molecule has 0 saturated heterocycles. The molecule has 0 unspecified atom stereocenters. The van der Waals surface area contributed by atoms with Gasteiger partial charge in [-0.1, -0.05) is 5.92 Å². The Balaban J connectivity index is 3.09. The molecule has 0 spiro atoms. The summed E-state index contributed by atoms with van der Waals surface area (Å²) in [5, 5.41) is 11.1. The largest absolute Gasteiger partial charge is 0.288 e. The summed E-state index contributed by atoms with van der Waals surface area (Å²) in [4.78, 5) is 0. The van der Waals surface area contributed by atoms with Crippen LogP contribution in [-0.2, 0) is 0 Å². The van der Waals surface area contributed by atoms with E-state index in [1.54, 1.807) is 18.2 Å². The predicted octanol–water partition coefficient (Wildman–Crippen LogP) is 3.42. The molecular formula is C12H14BrNO. The predicted molar refractivity (Wildman–Crippen MR) is 66.1 cm³/mol. The molecule has 0 aliphatic heterocycles. The Bertz CT molecular complexity index is 401. The summed E-state index contributed by atoms with van der Waals surface area (Å²) in [6, 6.07) is 5.40. The fraction of sp³-hybridized carbons (Fsp3) is 0.333. The summed E-state index contributed by atoms with van der Waals surface area (Å²) in [6.07, 6.45) is 5.31. The zero-order valence-corrected chi connectivity index (χ0v) is 10.7. The minimum atomic E-state index is -0.336. The molecule has 0 aliphatic carbocycles. The number of anilines is 1. The maximum Gasteiger partial charge on any atom is 0.0652 e. The summed E-state index contributed by atoms with van der Waals surface area (Å²) >= 11 is 3.36. The van der Waals surface area contributed by atoms with Crippen molar-refractivity contribution in [2.45, 2.75) is 26.3 Å². The summed E-state index contributed by atoms with van der Waals surface area (Å²) in [5.74, 6) is 2.55. The van der Waals surface area contributed by atoms with Gasteiger partial charge in [0.15, 0.2) is 0 Å². The van der Waals surface area contributed by atoms with Crippen molar-refractivity contribution in [3.63, 3.8) is 0 Å². The zero-order chi connectivity index (χ0) is 11.6. The van der Waals surface area contributed by atoms with Crippen LogP contribution in [-0.4, -0.2) is 10.7 Å². The fourth-order valence-electron chi connectivity index (χ4n) is 1.14. The molecule has 0 aromatic heterocycles. The molecule has 0 amide bonds. The van der Waals surface area contributed by atoms with E-state index in [1.807, 2.05) is 20.8 Å². The van der Waals surface area contributed by atoms with Crippen LogP contribution in [0.1, 0.15) is 26.3 Å². The van der Waals surface area contributed by atoms with E-state index in [1.165, 1.54) is 5.06 Å². The molecule has 1 aromatic carbocycles. The highest BCUT2D eigenvalue weighted by Gasteiger charge is 2.20. The molecule has 15 heavy (non-hydrogen) atoms. The molecule has 2 nitrogen and oxygen atoms in total. The van der Waals surface area contributed by atoms with Crippen molar-refractivity contribution in [1.82, 2.24) is 0 Å². The van der Waals surface area contributed by atoms with Crippen LogP contribution in [0.25, 0.3) is 0 Å². The van der Waals surface area contributed by atoms with Crippen LogP contribution in [0, 0.1) is 12.3 Å². The highest BCUT2D eigenvalue weighted by Crippen LogP contribution is 2.26. The van der Waals surface area contributed by atoms with Gasteiger partial charge in [-0.2, -0.15) is 0 Å². The van der Waals surface area contributed by atoms with Gasteiger partial charge in [0.05, 0.1) is 11.2 Å². The van der Waals surface area contributed by atoms with E-state index < -0.39 is 0 Å². The molecule has 0 radical (unpaired) electrons. The third-order valence-electron chi connectivity index (χ3n) is 1.99. The standard InChI is InChI=1S/C12H14BrNO/c1-5-9-6-7-10(8-11(9)13)14(15)12(2,3)4/h1,6-8,15H,2-4H3. The SMILES string of the molecule is C#Cc1ccc(N(O)C(C)(C)C)cc1Br. The molecule has 1 rings (SSSR count). The Labute approximate surface area is 99.0 Å². The normalized spacial score (nSPS) is 10.9. The molecule has 3 heteroatoms. The smallest absolute Gasteiger partial charge is 0.0652 e. The van der Waals surface area contributed by atoms with E-state index >= 15 is 0 Å². The van der Waals surface area contributed by atoms with Gasteiger partial charge in [0.25, 0.3) is 0 Å². The first-order chi connectivity index (χ1) is 6.86. The molecule has 80 valence electrons. The average molecular weight is 268 g/mol. The number of nitrogens with zero attached hydrogens (tertiary/aromatic N) is 1. The molecular weight excluding hydrogens is 254 g/mol. The monoisotopic (exact) mass is 267 g/mol. The Hall–Kier alpha value is -0.980. The first-order valence-electron chi connectivity index (χ1n) is 4.61.